The van der Waals surface area contributed by atoms with Crippen LogP contribution in [-0.2, 0) is 6.42 Å². The highest BCUT2D eigenvalue weighted by Gasteiger charge is 2.24. The first kappa shape index (κ1) is 45.0. The smallest absolute Gasteiger partial charge is 0.125 e. The molecule has 5 heterocycles. The summed E-state index contributed by atoms with van der Waals surface area (Å²) >= 11 is 15.6. The normalized spacial score (nSPS) is 16.3. The number of ether oxygens (including phenoxy) is 2. The summed E-state index contributed by atoms with van der Waals surface area (Å²) in [5.41, 5.74) is 14.2. The SMILES string of the molecule is Clc1ccc(-c2ccc3c(c2)CCC(CCCCN2CCN(c4ccncc4)S2)O3)cc1.Nc1cc(N2CCN(CCCCCOc3ccc(-c4ccc(Cl)cc4)cc3)S2)ccn1. The first-order chi connectivity index (χ1) is 30.9. The van der Waals surface area contributed by atoms with Crippen LogP contribution in [0, 0.1) is 0 Å². The molecule has 0 bridgehead atoms. The molecule has 9 nitrogen and oxygen atoms in total. The Morgan fingerprint density at radius 2 is 1.21 bits per heavy atom. The van der Waals surface area contributed by atoms with E-state index in [2.05, 4.69) is 81.8 Å². The van der Waals surface area contributed by atoms with Gasteiger partial charge in [0, 0.05) is 98.2 Å². The van der Waals surface area contributed by atoms with Crippen LogP contribution in [0.25, 0.3) is 22.3 Å². The van der Waals surface area contributed by atoms with Crippen molar-refractivity contribution in [2.45, 2.75) is 57.5 Å². The van der Waals surface area contributed by atoms with E-state index in [1.54, 1.807) is 18.3 Å². The topological polar surface area (TPSA) is 83.2 Å². The number of hydrogen-bond donors (Lipinski definition) is 1. The van der Waals surface area contributed by atoms with Crippen molar-refractivity contribution in [2.24, 2.45) is 0 Å². The van der Waals surface area contributed by atoms with E-state index in [4.69, 9.17) is 38.4 Å². The molecule has 2 fully saturated rings. The Morgan fingerprint density at radius 3 is 1.87 bits per heavy atom. The first-order valence-electron chi connectivity index (χ1n) is 22.0. The molecule has 328 valence electrons. The van der Waals surface area contributed by atoms with Gasteiger partial charge < -0.3 is 23.8 Å². The van der Waals surface area contributed by atoms with Gasteiger partial charge in [-0.05, 0) is 146 Å². The highest BCUT2D eigenvalue weighted by molar-refractivity contribution is 7.98. The number of halogens is 2. The molecule has 1 unspecified atom stereocenters. The Hall–Kier alpha value is -4.62. The van der Waals surface area contributed by atoms with Gasteiger partial charge in [0.1, 0.15) is 17.3 Å². The van der Waals surface area contributed by atoms with Crippen LogP contribution in [-0.4, -0.2) is 70.6 Å². The van der Waals surface area contributed by atoms with E-state index >= 15 is 0 Å². The third-order valence-electron chi connectivity index (χ3n) is 11.3. The molecule has 3 aliphatic rings. The molecule has 2 aromatic heterocycles. The summed E-state index contributed by atoms with van der Waals surface area (Å²) < 4.78 is 21.7. The number of fused-ring (bicyclic) bond motifs is 1. The summed E-state index contributed by atoms with van der Waals surface area (Å²) in [4.78, 5) is 8.17. The van der Waals surface area contributed by atoms with Gasteiger partial charge in [-0.3, -0.25) is 4.98 Å². The Bertz CT molecular complexity index is 2330. The van der Waals surface area contributed by atoms with E-state index < -0.39 is 0 Å². The molecular formula is C50H55Cl2N7O2S2. The Labute approximate surface area is 391 Å². The number of rotatable bonds is 16. The summed E-state index contributed by atoms with van der Waals surface area (Å²) in [6.45, 7) is 7.19. The largest absolute Gasteiger partial charge is 0.494 e. The summed E-state index contributed by atoms with van der Waals surface area (Å²) in [5.74, 6) is 2.54. The number of benzene rings is 4. The lowest BCUT2D eigenvalue weighted by atomic mass is 9.95. The zero-order chi connectivity index (χ0) is 43.2. The third-order valence-corrected chi connectivity index (χ3v) is 14.2. The van der Waals surface area contributed by atoms with Gasteiger partial charge in [-0.2, -0.15) is 0 Å². The standard InChI is InChI=1S/C26H28ClN3OS.C24H27ClN4OS/c27-23-8-4-20(5-9-23)21-7-11-26-22(19-21)6-10-25(31-26)3-1-2-16-29-17-18-30(32-29)24-12-14-28-15-13-24;25-21-8-4-19(5-9-21)20-6-10-23(11-7-20)30-17-3-1-2-14-28-15-16-29(31-28)22-12-13-27-24(26)18-22/h4-5,7-9,11-15,19,25H,1-3,6,10,16-18H2;4-13,18H,1-3,14-17H2,(H2,26,27). The molecule has 63 heavy (non-hydrogen) atoms. The quantitative estimate of drug-likeness (QED) is 0.0744. The Morgan fingerprint density at radius 1 is 0.619 bits per heavy atom. The van der Waals surface area contributed by atoms with Crippen molar-refractivity contribution in [2.75, 3.05) is 60.2 Å². The number of aryl methyl sites for hydroxylation is 1. The average molecular weight is 921 g/mol. The van der Waals surface area contributed by atoms with Gasteiger partial charge in [-0.25, -0.2) is 13.6 Å². The molecule has 0 aliphatic carbocycles. The number of nitrogens with zero attached hydrogens (tertiary/aromatic N) is 6. The van der Waals surface area contributed by atoms with Crippen LogP contribution >= 0.6 is 47.5 Å². The summed E-state index contributed by atoms with van der Waals surface area (Å²) in [6, 6.07) is 38.8. The van der Waals surface area contributed by atoms with E-state index in [9.17, 15) is 0 Å². The summed E-state index contributed by atoms with van der Waals surface area (Å²) in [5, 5.41) is 1.52. The second-order valence-corrected chi connectivity index (χ2v) is 19.0. The van der Waals surface area contributed by atoms with Gasteiger partial charge in [0.25, 0.3) is 0 Å². The molecule has 3 aliphatic heterocycles. The Balaban J connectivity index is 0.000000173. The van der Waals surface area contributed by atoms with Crippen LogP contribution in [0.5, 0.6) is 11.5 Å². The monoisotopic (exact) mass is 919 g/mol. The lowest BCUT2D eigenvalue weighted by molar-refractivity contribution is 0.160. The molecule has 0 radical (unpaired) electrons. The fraction of sp³-hybridized carbons (Fsp3) is 0.320. The van der Waals surface area contributed by atoms with Crippen molar-refractivity contribution in [1.82, 2.24) is 18.6 Å². The van der Waals surface area contributed by atoms with Crippen molar-refractivity contribution >= 4 is 64.7 Å². The van der Waals surface area contributed by atoms with E-state index in [-0.39, 0.29) is 0 Å². The number of nitrogen functional groups attached to an aromatic ring is 1. The van der Waals surface area contributed by atoms with Gasteiger partial charge in [0.05, 0.1) is 24.1 Å². The second kappa shape index (κ2) is 22.8. The fourth-order valence-electron chi connectivity index (χ4n) is 7.88. The number of unbranched alkanes of at least 4 members (excludes halogenated alkanes) is 3. The molecule has 4 aromatic carbocycles. The summed E-state index contributed by atoms with van der Waals surface area (Å²) in [6.07, 6.45) is 14.9. The molecule has 9 rings (SSSR count). The second-order valence-electron chi connectivity index (χ2n) is 15.9. The highest BCUT2D eigenvalue weighted by Crippen LogP contribution is 2.35. The van der Waals surface area contributed by atoms with Gasteiger partial charge in [-0.15, -0.1) is 0 Å². The number of pyridine rings is 2. The van der Waals surface area contributed by atoms with Crippen LogP contribution in [0.1, 0.15) is 50.5 Å². The minimum atomic E-state index is 0.337. The van der Waals surface area contributed by atoms with E-state index in [1.807, 2.05) is 85.2 Å². The minimum Gasteiger partial charge on any atom is -0.494 e. The van der Waals surface area contributed by atoms with E-state index in [0.717, 1.165) is 123 Å². The maximum absolute atomic E-state index is 6.33. The fourth-order valence-corrected chi connectivity index (χ4v) is 10.2. The van der Waals surface area contributed by atoms with Crippen LogP contribution in [0.15, 0.2) is 134 Å². The average Bonchev–Trinajstić information content (AvgIpc) is 4.01. The van der Waals surface area contributed by atoms with Crippen molar-refractivity contribution in [1.29, 1.82) is 0 Å². The summed E-state index contributed by atoms with van der Waals surface area (Å²) in [7, 11) is 0. The molecule has 13 heteroatoms. The zero-order valence-electron chi connectivity index (χ0n) is 35.5. The molecule has 0 saturated carbocycles. The van der Waals surface area contributed by atoms with Crippen molar-refractivity contribution in [3.63, 3.8) is 0 Å². The van der Waals surface area contributed by atoms with Gasteiger partial charge >= 0.3 is 0 Å². The molecule has 2 saturated heterocycles. The maximum atomic E-state index is 6.33. The van der Waals surface area contributed by atoms with Gasteiger partial charge in [-0.1, -0.05) is 65.7 Å². The third kappa shape index (κ3) is 13.2. The maximum Gasteiger partial charge on any atom is 0.125 e. The lowest BCUT2D eigenvalue weighted by Crippen LogP contribution is -2.23. The molecule has 6 aromatic rings. The van der Waals surface area contributed by atoms with Gasteiger partial charge in [0.15, 0.2) is 0 Å². The Kier molecular flexibility index (Phi) is 16.3. The minimum absolute atomic E-state index is 0.337. The van der Waals surface area contributed by atoms with E-state index in [1.165, 1.54) is 35.2 Å². The molecule has 1 atom stereocenters. The van der Waals surface area contributed by atoms with Crippen LogP contribution in [0.3, 0.4) is 0 Å². The number of nitrogens with two attached hydrogens (primary N) is 1. The van der Waals surface area contributed by atoms with Crippen molar-refractivity contribution in [3.8, 4) is 33.8 Å². The molecule has 0 amide bonds. The van der Waals surface area contributed by atoms with Crippen LogP contribution in [0.2, 0.25) is 10.0 Å². The lowest BCUT2D eigenvalue weighted by Gasteiger charge is -2.27. The van der Waals surface area contributed by atoms with Crippen LogP contribution < -0.4 is 23.8 Å². The number of hydrogen-bond acceptors (Lipinski definition) is 11. The molecule has 0 spiro atoms. The molecule has 2 N–H and O–H groups in total. The predicted molar refractivity (Wildman–Crippen MR) is 266 cm³/mol. The number of aromatic nitrogens is 2. The zero-order valence-corrected chi connectivity index (χ0v) is 38.7. The first-order valence-corrected chi connectivity index (χ1v) is 24.2. The van der Waals surface area contributed by atoms with Crippen molar-refractivity contribution < 1.29 is 9.47 Å². The highest BCUT2D eigenvalue weighted by atomic mass is 35.5. The number of anilines is 3. The van der Waals surface area contributed by atoms with Crippen molar-refractivity contribution in [3.05, 3.63) is 149 Å². The van der Waals surface area contributed by atoms with Gasteiger partial charge in [0.2, 0.25) is 0 Å². The van der Waals surface area contributed by atoms with Crippen LogP contribution in [0.4, 0.5) is 17.2 Å². The van der Waals surface area contributed by atoms with E-state index in [0.29, 0.717) is 11.9 Å². The molecular weight excluding hydrogens is 866 g/mol. The predicted octanol–water partition coefficient (Wildman–Crippen LogP) is 12.6.